The molecular formula is C27H27Cl2N5O4S. The van der Waals surface area contributed by atoms with Crippen molar-refractivity contribution in [1.29, 1.82) is 0 Å². The van der Waals surface area contributed by atoms with E-state index in [1.807, 2.05) is 0 Å². The second-order valence-corrected chi connectivity index (χ2v) is 10.9. The number of carbonyl (C=O) groups excluding carboxylic acids is 3. The van der Waals surface area contributed by atoms with E-state index in [0.717, 1.165) is 5.56 Å². The van der Waals surface area contributed by atoms with Gasteiger partial charge in [-0.05, 0) is 35.9 Å². The lowest BCUT2D eigenvalue weighted by atomic mass is 10.1. The van der Waals surface area contributed by atoms with Crippen LogP contribution < -0.4 is 15.4 Å². The van der Waals surface area contributed by atoms with Gasteiger partial charge in [0.05, 0.1) is 12.7 Å². The van der Waals surface area contributed by atoms with Gasteiger partial charge in [-0.15, -0.1) is 0 Å². The van der Waals surface area contributed by atoms with Gasteiger partial charge < -0.3 is 20.3 Å². The maximum Gasteiger partial charge on any atom is 0.274 e. The topological polar surface area (TPSA) is 114 Å². The highest BCUT2D eigenvalue weighted by Crippen LogP contribution is 2.27. The second kappa shape index (κ2) is 14.1. The first-order chi connectivity index (χ1) is 18.9. The molecule has 4 rings (SSSR count). The van der Waals surface area contributed by atoms with Gasteiger partial charge in [-0.1, -0.05) is 52.7 Å². The molecule has 9 nitrogen and oxygen atoms in total. The molecule has 1 aromatic carbocycles. The Morgan fingerprint density at radius 3 is 2.54 bits per heavy atom. The summed E-state index contributed by atoms with van der Waals surface area (Å²) in [5, 5.41) is 6.50. The lowest BCUT2D eigenvalue weighted by Gasteiger charge is -2.31. The van der Waals surface area contributed by atoms with Crippen molar-refractivity contribution >= 4 is 58.3 Å². The molecule has 204 valence electrons. The Balaban J connectivity index is 1.29. The van der Waals surface area contributed by atoms with Gasteiger partial charge in [0.1, 0.15) is 16.5 Å². The molecular weight excluding hydrogens is 561 g/mol. The molecule has 0 bridgehead atoms. The van der Waals surface area contributed by atoms with E-state index in [-0.39, 0.29) is 25.0 Å². The minimum absolute atomic E-state index is 0.0512. The molecule has 0 spiro atoms. The van der Waals surface area contributed by atoms with Crippen molar-refractivity contribution in [1.82, 2.24) is 25.5 Å². The average Bonchev–Trinajstić information content (AvgIpc) is 3.36. The number of carbonyl (C=O) groups is 3. The number of amides is 3. The minimum atomic E-state index is -0.917. The van der Waals surface area contributed by atoms with Gasteiger partial charge in [-0.3, -0.25) is 19.4 Å². The van der Waals surface area contributed by atoms with Crippen molar-refractivity contribution in [2.24, 2.45) is 0 Å². The number of hydrogen-bond acceptors (Lipinski definition) is 7. The molecule has 3 amide bonds. The van der Waals surface area contributed by atoms with Gasteiger partial charge in [0, 0.05) is 55.3 Å². The standard InChI is InChI=1S/C27H27Cl2N5O4S/c28-19-7-4-18(5-8-19)6-9-24(35)33-22(15-20-3-1-2-12-30-20)26(37)31-17-25(36)34-13-10-21(11-14-34)38-27-32-16-23(29)39-27/h1-9,12,16,21-22H,10-11,13-15,17H2,(H,31,37)(H,33,35)/b9-6+. The Labute approximate surface area is 240 Å². The molecule has 1 aliphatic heterocycles. The van der Waals surface area contributed by atoms with E-state index in [2.05, 4.69) is 20.6 Å². The van der Waals surface area contributed by atoms with Crippen LogP contribution in [0.3, 0.4) is 0 Å². The van der Waals surface area contributed by atoms with Crippen molar-refractivity contribution in [3.63, 3.8) is 0 Å². The first-order valence-electron chi connectivity index (χ1n) is 12.3. The van der Waals surface area contributed by atoms with Crippen molar-refractivity contribution < 1.29 is 19.1 Å². The van der Waals surface area contributed by atoms with Gasteiger partial charge in [0.25, 0.3) is 5.19 Å². The number of likely N-dealkylation sites (tertiary alicyclic amines) is 1. The molecule has 3 aromatic rings. The zero-order chi connectivity index (χ0) is 27.6. The summed E-state index contributed by atoms with van der Waals surface area (Å²) in [6.07, 6.45) is 7.55. The number of benzene rings is 1. The fourth-order valence-corrected chi connectivity index (χ4v) is 4.89. The Kier molecular flexibility index (Phi) is 10.3. The molecule has 1 fully saturated rings. The van der Waals surface area contributed by atoms with Crippen molar-refractivity contribution in [2.45, 2.75) is 31.4 Å². The molecule has 1 aliphatic rings. The average molecular weight is 589 g/mol. The highest BCUT2D eigenvalue weighted by Gasteiger charge is 2.26. The van der Waals surface area contributed by atoms with Crippen LogP contribution in [0.25, 0.3) is 6.08 Å². The predicted molar refractivity (Wildman–Crippen MR) is 151 cm³/mol. The molecule has 0 saturated carbocycles. The summed E-state index contributed by atoms with van der Waals surface area (Å²) in [6.45, 7) is 0.825. The highest BCUT2D eigenvalue weighted by molar-refractivity contribution is 7.17. The molecule has 0 radical (unpaired) electrons. The SMILES string of the molecule is O=C(/C=C/c1ccc(Cl)cc1)NC(Cc1ccccn1)C(=O)NCC(=O)N1CCC(Oc2ncc(Cl)s2)CC1. The summed E-state index contributed by atoms with van der Waals surface area (Å²) in [5.41, 5.74) is 1.42. The molecule has 39 heavy (non-hydrogen) atoms. The quantitative estimate of drug-likeness (QED) is 0.349. The number of aromatic nitrogens is 2. The van der Waals surface area contributed by atoms with Gasteiger partial charge in [0.2, 0.25) is 17.7 Å². The van der Waals surface area contributed by atoms with E-state index in [0.29, 0.717) is 46.2 Å². The third-order valence-corrected chi connectivity index (χ3v) is 7.26. The van der Waals surface area contributed by atoms with Crippen LogP contribution in [0.2, 0.25) is 9.36 Å². The van der Waals surface area contributed by atoms with E-state index in [4.69, 9.17) is 27.9 Å². The van der Waals surface area contributed by atoms with Crippen LogP contribution in [0, 0.1) is 0 Å². The second-order valence-electron chi connectivity index (χ2n) is 8.82. The third-order valence-electron chi connectivity index (χ3n) is 6.00. The predicted octanol–water partition coefficient (Wildman–Crippen LogP) is 3.77. The highest BCUT2D eigenvalue weighted by atomic mass is 35.5. The number of nitrogens with one attached hydrogen (secondary N) is 2. The van der Waals surface area contributed by atoms with Gasteiger partial charge in [0.15, 0.2) is 0 Å². The van der Waals surface area contributed by atoms with Gasteiger partial charge in [-0.2, -0.15) is 0 Å². The number of halogens is 2. The minimum Gasteiger partial charge on any atom is -0.467 e. The summed E-state index contributed by atoms with van der Waals surface area (Å²) in [7, 11) is 0. The summed E-state index contributed by atoms with van der Waals surface area (Å²) < 4.78 is 6.40. The van der Waals surface area contributed by atoms with E-state index in [1.54, 1.807) is 65.8 Å². The van der Waals surface area contributed by atoms with E-state index in [1.165, 1.54) is 17.4 Å². The fraction of sp³-hybridized carbons (Fsp3) is 0.296. The van der Waals surface area contributed by atoms with E-state index < -0.39 is 17.9 Å². The Morgan fingerprint density at radius 2 is 1.87 bits per heavy atom. The maximum atomic E-state index is 13.0. The molecule has 0 aliphatic carbocycles. The summed E-state index contributed by atoms with van der Waals surface area (Å²) in [5.74, 6) is -1.12. The molecule has 12 heteroatoms. The molecule has 1 unspecified atom stereocenters. The smallest absolute Gasteiger partial charge is 0.274 e. The fourth-order valence-electron chi connectivity index (χ4n) is 3.96. The number of nitrogens with zero attached hydrogens (tertiary/aromatic N) is 3. The van der Waals surface area contributed by atoms with Crippen molar-refractivity contribution in [2.75, 3.05) is 19.6 Å². The Hall–Kier alpha value is -3.47. The lowest BCUT2D eigenvalue weighted by Crippen LogP contribution is -2.51. The summed E-state index contributed by atoms with van der Waals surface area (Å²) >= 11 is 13.1. The number of rotatable bonds is 10. The third kappa shape index (κ3) is 9.05. The summed E-state index contributed by atoms with van der Waals surface area (Å²) in [4.78, 5) is 48.5. The number of thiazole rings is 1. The first-order valence-corrected chi connectivity index (χ1v) is 13.9. The number of pyridine rings is 1. The zero-order valence-corrected chi connectivity index (χ0v) is 23.2. The van der Waals surface area contributed by atoms with Crippen LogP contribution >= 0.6 is 34.5 Å². The Morgan fingerprint density at radius 1 is 1.10 bits per heavy atom. The van der Waals surface area contributed by atoms with Crippen molar-refractivity contribution in [3.8, 4) is 5.19 Å². The molecule has 3 heterocycles. The molecule has 1 saturated heterocycles. The van der Waals surface area contributed by atoms with Gasteiger partial charge in [-0.25, -0.2) is 4.98 Å². The van der Waals surface area contributed by atoms with Crippen LogP contribution in [-0.4, -0.2) is 64.4 Å². The molecule has 2 aromatic heterocycles. The van der Waals surface area contributed by atoms with Crippen LogP contribution in [0.15, 0.2) is 60.9 Å². The zero-order valence-electron chi connectivity index (χ0n) is 20.9. The summed E-state index contributed by atoms with van der Waals surface area (Å²) in [6, 6.07) is 11.4. The first kappa shape index (κ1) is 28.5. The largest absolute Gasteiger partial charge is 0.467 e. The van der Waals surface area contributed by atoms with Gasteiger partial charge >= 0.3 is 0 Å². The molecule has 2 N–H and O–H groups in total. The van der Waals surface area contributed by atoms with Crippen LogP contribution in [0.1, 0.15) is 24.1 Å². The van der Waals surface area contributed by atoms with Crippen LogP contribution in [-0.2, 0) is 20.8 Å². The van der Waals surface area contributed by atoms with E-state index >= 15 is 0 Å². The molecule has 1 atom stereocenters. The lowest BCUT2D eigenvalue weighted by molar-refractivity contribution is -0.135. The Bertz CT molecular complexity index is 1300. The number of piperidine rings is 1. The normalized spacial score (nSPS) is 14.7. The number of hydrogen-bond donors (Lipinski definition) is 2. The van der Waals surface area contributed by atoms with Crippen LogP contribution in [0.5, 0.6) is 5.19 Å². The monoisotopic (exact) mass is 587 g/mol. The number of ether oxygens (including phenoxy) is 1. The van der Waals surface area contributed by atoms with Crippen LogP contribution in [0.4, 0.5) is 0 Å². The van der Waals surface area contributed by atoms with Crippen molar-refractivity contribution in [3.05, 3.63) is 81.6 Å². The van der Waals surface area contributed by atoms with E-state index in [9.17, 15) is 14.4 Å². The maximum absolute atomic E-state index is 13.0.